The lowest BCUT2D eigenvalue weighted by molar-refractivity contribution is 0.0779. The second-order valence-corrected chi connectivity index (χ2v) is 5.67. The maximum absolute atomic E-state index is 12.2. The van der Waals surface area contributed by atoms with Gasteiger partial charge in [-0.25, -0.2) is 4.98 Å². The van der Waals surface area contributed by atoms with Crippen LogP contribution < -0.4 is 0 Å². The van der Waals surface area contributed by atoms with Gasteiger partial charge in [0, 0.05) is 13.6 Å². The third-order valence-corrected chi connectivity index (χ3v) is 3.42. The van der Waals surface area contributed by atoms with Gasteiger partial charge in [-0.1, -0.05) is 49.7 Å². The number of hydrogen-bond acceptors (Lipinski definition) is 3. The van der Waals surface area contributed by atoms with E-state index in [4.69, 9.17) is 11.6 Å². The highest BCUT2D eigenvalue weighted by Gasteiger charge is 2.14. The summed E-state index contributed by atoms with van der Waals surface area (Å²) in [7, 11) is 1.74. The molecule has 4 nitrogen and oxygen atoms in total. The summed E-state index contributed by atoms with van der Waals surface area (Å²) in [4.78, 5) is 21.7. The molecule has 1 heterocycles. The minimum Gasteiger partial charge on any atom is -0.336 e. The van der Waals surface area contributed by atoms with Crippen LogP contribution in [0.1, 0.15) is 41.4 Å². The minimum atomic E-state index is -0.196. The quantitative estimate of drug-likeness (QED) is 0.868. The zero-order chi connectivity index (χ0) is 15.4. The van der Waals surface area contributed by atoms with Gasteiger partial charge in [-0.3, -0.25) is 9.78 Å². The van der Waals surface area contributed by atoms with Crippen molar-refractivity contribution in [2.45, 2.75) is 26.3 Å². The number of carbonyl (C=O) groups excluding carboxylic acids is 1. The summed E-state index contributed by atoms with van der Waals surface area (Å²) in [6, 6.07) is 8.28. The molecule has 1 aromatic heterocycles. The molecule has 21 heavy (non-hydrogen) atoms. The van der Waals surface area contributed by atoms with Gasteiger partial charge < -0.3 is 4.90 Å². The van der Waals surface area contributed by atoms with E-state index in [1.165, 1.54) is 18.0 Å². The zero-order valence-electron chi connectivity index (χ0n) is 12.4. The summed E-state index contributed by atoms with van der Waals surface area (Å²) in [5, 5.41) is 0.218. The van der Waals surface area contributed by atoms with Crippen LogP contribution in [0, 0.1) is 0 Å². The van der Waals surface area contributed by atoms with Crippen LogP contribution in [0.2, 0.25) is 5.15 Å². The highest BCUT2D eigenvalue weighted by atomic mass is 35.5. The van der Waals surface area contributed by atoms with Crippen molar-refractivity contribution in [1.82, 2.24) is 14.9 Å². The largest absolute Gasteiger partial charge is 0.336 e. The smallest absolute Gasteiger partial charge is 0.274 e. The van der Waals surface area contributed by atoms with Crippen LogP contribution in [0.25, 0.3) is 0 Å². The normalized spacial score (nSPS) is 10.7. The molecule has 0 atom stereocenters. The van der Waals surface area contributed by atoms with Crippen molar-refractivity contribution in [2.75, 3.05) is 7.05 Å². The highest BCUT2D eigenvalue weighted by Crippen LogP contribution is 2.16. The summed E-state index contributed by atoms with van der Waals surface area (Å²) in [6.07, 6.45) is 2.83. The van der Waals surface area contributed by atoms with Crippen LogP contribution in [0.15, 0.2) is 36.7 Å². The van der Waals surface area contributed by atoms with Crippen molar-refractivity contribution in [1.29, 1.82) is 0 Å². The Balaban J connectivity index is 2.07. The summed E-state index contributed by atoms with van der Waals surface area (Å²) in [5.74, 6) is 0.304. The van der Waals surface area contributed by atoms with E-state index in [0.29, 0.717) is 12.5 Å². The molecule has 0 spiro atoms. The molecule has 1 aromatic carbocycles. The molecular weight excluding hydrogens is 286 g/mol. The minimum absolute atomic E-state index is 0.196. The van der Waals surface area contributed by atoms with Crippen molar-refractivity contribution < 1.29 is 4.79 Å². The predicted molar refractivity (Wildman–Crippen MR) is 83.4 cm³/mol. The van der Waals surface area contributed by atoms with Gasteiger partial charge in [-0.2, -0.15) is 0 Å². The number of benzene rings is 1. The molecule has 2 rings (SSSR count). The van der Waals surface area contributed by atoms with Gasteiger partial charge in [-0.15, -0.1) is 0 Å². The van der Waals surface area contributed by atoms with Crippen LogP contribution in [0.3, 0.4) is 0 Å². The first-order valence-electron chi connectivity index (χ1n) is 6.79. The van der Waals surface area contributed by atoms with Crippen molar-refractivity contribution in [2.24, 2.45) is 0 Å². The number of nitrogens with zero attached hydrogens (tertiary/aromatic N) is 3. The molecule has 110 valence electrons. The molecule has 0 aliphatic rings. The first-order valence-corrected chi connectivity index (χ1v) is 7.17. The van der Waals surface area contributed by atoms with Gasteiger partial charge in [0.25, 0.3) is 5.91 Å². The van der Waals surface area contributed by atoms with Crippen LogP contribution >= 0.6 is 11.6 Å². The Bertz CT molecular complexity index is 626. The van der Waals surface area contributed by atoms with Crippen LogP contribution in [0.5, 0.6) is 0 Å². The summed E-state index contributed by atoms with van der Waals surface area (Å²) in [5.41, 5.74) is 2.61. The molecule has 0 unspecified atom stereocenters. The molecule has 5 heteroatoms. The number of carbonyl (C=O) groups is 1. The van der Waals surface area contributed by atoms with Crippen molar-refractivity contribution >= 4 is 17.5 Å². The zero-order valence-corrected chi connectivity index (χ0v) is 13.1. The Kier molecular flexibility index (Phi) is 4.91. The third-order valence-electron chi connectivity index (χ3n) is 3.24. The van der Waals surface area contributed by atoms with E-state index < -0.39 is 0 Å². The van der Waals surface area contributed by atoms with E-state index >= 15 is 0 Å². The molecule has 0 radical (unpaired) electrons. The average Bonchev–Trinajstić information content (AvgIpc) is 2.47. The van der Waals surface area contributed by atoms with E-state index in [9.17, 15) is 4.79 Å². The van der Waals surface area contributed by atoms with Crippen molar-refractivity contribution in [3.05, 3.63) is 58.6 Å². The Morgan fingerprint density at radius 2 is 1.90 bits per heavy atom. The number of halogens is 1. The fourth-order valence-electron chi connectivity index (χ4n) is 1.99. The van der Waals surface area contributed by atoms with Crippen LogP contribution in [-0.4, -0.2) is 27.8 Å². The van der Waals surface area contributed by atoms with Crippen molar-refractivity contribution in [3.8, 4) is 0 Å². The monoisotopic (exact) mass is 303 g/mol. The summed E-state index contributed by atoms with van der Waals surface area (Å²) < 4.78 is 0. The standard InChI is InChI=1S/C16H18ClN3O/c1-11(2)13-6-4-12(5-7-13)10-20(3)16(21)14-8-18-9-15(17)19-14/h4-9,11H,10H2,1-3H3. The second-order valence-electron chi connectivity index (χ2n) is 5.28. The van der Waals surface area contributed by atoms with Crippen molar-refractivity contribution in [3.63, 3.8) is 0 Å². The summed E-state index contributed by atoms with van der Waals surface area (Å²) in [6.45, 7) is 4.83. The van der Waals surface area contributed by atoms with Gasteiger partial charge in [-0.05, 0) is 17.0 Å². The lowest BCUT2D eigenvalue weighted by Crippen LogP contribution is -2.27. The van der Waals surface area contributed by atoms with Gasteiger partial charge >= 0.3 is 0 Å². The molecular formula is C16H18ClN3O. The molecule has 0 N–H and O–H groups in total. The van der Waals surface area contributed by atoms with Gasteiger partial charge in [0.05, 0.1) is 12.4 Å². The summed E-state index contributed by atoms with van der Waals surface area (Å²) >= 11 is 5.76. The molecule has 0 saturated heterocycles. The average molecular weight is 304 g/mol. The Hall–Kier alpha value is -1.94. The second kappa shape index (κ2) is 6.68. The molecule has 0 fully saturated rings. The molecule has 0 bridgehead atoms. The highest BCUT2D eigenvalue weighted by molar-refractivity contribution is 6.29. The van der Waals surface area contributed by atoms with Gasteiger partial charge in [0.15, 0.2) is 0 Å². The van der Waals surface area contributed by atoms with E-state index in [1.54, 1.807) is 11.9 Å². The first kappa shape index (κ1) is 15.4. The Morgan fingerprint density at radius 1 is 1.24 bits per heavy atom. The van der Waals surface area contributed by atoms with Crippen LogP contribution in [0.4, 0.5) is 0 Å². The fraction of sp³-hybridized carbons (Fsp3) is 0.312. The van der Waals surface area contributed by atoms with E-state index in [2.05, 4.69) is 35.9 Å². The Labute approximate surface area is 129 Å². The Morgan fingerprint density at radius 3 is 2.48 bits per heavy atom. The maximum Gasteiger partial charge on any atom is 0.274 e. The van der Waals surface area contributed by atoms with Gasteiger partial charge in [0.2, 0.25) is 0 Å². The fourth-order valence-corrected chi connectivity index (χ4v) is 2.14. The SMILES string of the molecule is CC(C)c1ccc(CN(C)C(=O)c2cncc(Cl)n2)cc1. The number of amides is 1. The first-order chi connectivity index (χ1) is 9.97. The lowest BCUT2D eigenvalue weighted by atomic mass is 10.0. The molecule has 2 aromatic rings. The number of rotatable bonds is 4. The van der Waals surface area contributed by atoms with E-state index in [0.717, 1.165) is 5.56 Å². The predicted octanol–water partition coefficient (Wildman–Crippen LogP) is 3.53. The van der Waals surface area contributed by atoms with E-state index in [-0.39, 0.29) is 16.8 Å². The topological polar surface area (TPSA) is 46.1 Å². The van der Waals surface area contributed by atoms with Crippen LogP contribution in [-0.2, 0) is 6.54 Å². The third kappa shape index (κ3) is 4.02. The molecule has 0 saturated carbocycles. The van der Waals surface area contributed by atoms with E-state index in [1.807, 2.05) is 12.1 Å². The molecule has 0 aliphatic heterocycles. The number of aromatic nitrogens is 2. The molecule has 0 aliphatic carbocycles. The molecule has 1 amide bonds. The lowest BCUT2D eigenvalue weighted by Gasteiger charge is -2.17. The number of hydrogen-bond donors (Lipinski definition) is 0. The van der Waals surface area contributed by atoms with Gasteiger partial charge in [0.1, 0.15) is 10.8 Å². The maximum atomic E-state index is 12.2.